The van der Waals surface area contributed by atoms with E-state index >= 15 is 0 Å². The molecule has 4 rings (SSSR count). The van der Waals surface area contributed by atoms with E-state index in [1.54, 1.807) is 0 Å². The Morgan fingerprint density at radius 1 is 0.914 bits per heavy atom. The molecule has 180 valence electrons. The van der Waals surface area contributed by atoms with Gasteiger partial charge < -0.3 is 19.7 Å². The molecule has 0 saturated heterocycles. The summed E-state index contributed by atoms with van der Waals surface area (Å²) < 4.78 is 10.7. The number of nitrogens with one attached hydrogen (secondary N) is 1. The average molecular weight is 471 g/mol. The van der Waals surface area contributed by atoms with Crippen LogP contribution in [0.15, 0.2) is 96.7 Å². The molecular formula is C29H30N2O4. The highest BCUT2D eigenvalue weighted by Gasteiger charge is 2.40. The van der Waals surface area contributed by atoms with Crippen LogP contribution in [0.4, 0.5) is 10.5 Å². The fraction of sp³-hybridized carbons (Fsp3) is 0.241. The first-order valence-corrected chi connectivity index (χ1v) is 11.7. The number of rotatable bonds is 6. The lowest BCUT2D eigenvalue weighted by molar-refractivity contribution is -0.136. The van der Waals surface area contributed by atoms with Crippen molar-refractivity contribution < 1.29 is 19.1 Å². The highest BCUT2D eigenvalue weighted by molar-refractivity contribution is 5.94. The molecule has 0 saturated carbocycles. The minimum Gasteiger partial charge on any atom is -0.464 e. The molecule has 0 aromatic heterocycles. The minimum atomic E-state index is -0.555. The maximum atomic E-state index is 13.0. The summed E-state index contributed by atoms with van der Waals surface area (Å²) in [6.07, 6.45) is 0.824. The zero-order valence-corrected chi connectivity index (χ0v) is 20.2. The maximum Gasteiger partial charge on any atom is 0.409 e. The van der Waals surface area contributed by atoms with E-state index in [1.807, 2.05) is 103 Å². The number of hydrogen-bond donors (Lipinski definition) is 1. The molecule has 0 unspecified atom stereocenters. The van der Waals surface area contributed by atoms with Crippen molar-refractivity contribution in [3.05, 3.63) is 113 Å². The molecule has 0 bridgehead atoms. The zero-order chi connectivity index (χ0) is 24.8. The van der Waals surface area contributed by atoms with Crippen LogP contribution in [0.1, 0.15) is 29.5 Å². The van der Waals surface area contributed by atoms with Crippen molar-refractivity contribution in [3.63, 3.8) is 0 Å². The molecule has 1 aliphatic heterocycles. The summed E-state index contributed by atoms with van der Waals surface area (Å²) in [5, 5.41) is 3.03. The molecule has 3 aromatic carbocycles. The van der Waals surface area contributed by atoms with E-state index in [2.05, 4.69) is 12.2 Å². The Labute approximate surface area is 206 Å². The smallest absolute Gasteiger partial charge is 0.409 e. The van der Waals surface area contributed by atoms with Crippen LogP contribution in [0.2, 0.25) is 0 Å². The number of hydrogen-bond acceptors (Lipinski definition) is 5. The fourth-order valence-corrected chi connectivity index (χ4v) is 4.42. The third-order valence-electron chi connectivity index (χ3n) is 6.31. The van der Waals surface area contributed by atoms with E-state index < -0.39 is 18.2 Å². The standard InChI is InChI=1S/C29H30N2O4/c1-20-14-16-24(17-15-20)31-26(28(32)34-3)18-25(23-12-8-5-9-13-23)21(2)27(31)30-29(33)35-19-22-10-6-4-7-11-22/h4-18,21,25,27H,19H2,1-3H3,(H,30,33)/t21-,25+,27-/m1/s1. The van der Waals surface area contributed by atoms with Gasteiger partial charge in [0, 0.05) is 17.5 Å². The van der Waals surface area contributed by atoms with E-state index in [4.69, 9.17) is 9.47 Å². The lowest BCUT2D eigenvalue weighted by Gasteiger charge is -2.44. The summed E-state index contributed by atoms with van der Waals surface area (Å²) in [5.41, 5.74) is 4.19. The van der Waals surface area contributed by atoms with E-state index in [0.717, 1.165) is 22.4 Å². The molecule has 0 spiro atoms. The van der Waals surface area contributed by atoms with Gasteiger partial charge in [-0.2, -0.15) is 0 Å². The van der Waals surface area contributed by atoms with Crippen LogP contribution in [0.5, 0.6) is 0 Å². The lowest BCUT2D eigenvalue weighted by atomic mass is 9.81. The number of alkyl carbamates (subject to hydrolysis) is 1. The van der Waals surface area contributed by atoms with Gasteiger partial charge in [0.25, 0.3) is 0 Å². The third kappa shape index (κ3) is 5.54. The van der Waals surface area contributed by atoms with Crippen molar-refractivity contribution in [2.45, 2.75) is 32.5 Å². The zero-order valence-electron chi connectivity index (χ0n) is 20.2. The first kappa shape index (κ1) is 24.1. The Morgan fingerprint density at radius 2 is 1.54 bits per heavy atom. The molecule has 0 radical (unpaired) electrons. The molecule has 3 aromatic rings. The van der Waals surface area contributed by atoms with Gasteiger partial charge in [0.15, 0.2) is 0 Å². The van der Waals surface area contributed by atoms with E-state index in [0.29, 0.717) is 5.70 Å². The second-order valence-electron chi connectivity index (χ2n) is 8.70. The SMILES string of the molecule is COC(=O)C1=C[C@H](c2ccccc2)[C@@H](C)[C@H](NC(=O)OCc2ccccc2)N1c1ccc(C)cc1. The van der Waals surface area contributed by atoms with Crippen molar-refractivity contribution in [2.75, 3.05) is 12.0 Å². The Hall–Kier alpha value is -4.06. The number of allylic oxidation sites excluding steroid dienone is 1. The van der Waals surface area contributed by atoms with Gasteiger partial charge in [-0.1, -0.05) is 85.3 Å². The minimum absolute atomic E-state index is 0.0867. The molecule has 6 heteroatoms. The van der Waals surface area contributed by atoms with Crippen molar-refractivity contribution in [1.82, 2.24) is 5.32 Å². The van der Waals surface area contributed by atoms with Gasteiger partial charge in [-0.05, 0) is 36.3 Å². The highest BCUT2D eigenvalue weighted by atomic mass is 16.5. The van der Waals surface area contributed by atoms with Crippen LogP contribution in [0, 0.1) is 12.8 Å². The summed E-state index contributed by atoms with van der Waals surface area (Å²) in [6, 6.07) is 27.3. The number of anilines is 1. The Kier molecular flexibility index (Phi) is 7.51. The molecule has 1 aliphatic rings. The van der Waals surface area contributed by atoms with Gasteiger partial charge in [0.1, 0.15) is 18.5 Å². The summed E-state index contributed by atoms with van der Waals surface area (Å²) in [4.78, 5) is 27.8. The average Bonchev–Trinajstić information content (AvgIpc) is 2.89. The van der Waals surface area contributed by atoms with E-state index in [-0.39, 0.29) is 18.4 Å². The van der Waals surface area contributed by atoms with Crippen molar-refractivity contribution >= 4 is 17.7 Å². The van der Waals surface area contributed by atoms with Crippen LogP contribution in [0.25, 0.3) is 0 Å². The molecule has 3 atom stereocenters. The summed E-state index contributed by atoms with van der Waals surface area (Å²) >= 11 is 0. The number of amides is 1. The maximum absolute atomic E-state index is 13.0. The largest absolute Gasteiger partial charge is 0.464 e. The van der Waals surface area contributed by atoms with Crippen molar-refractivity contribution in [2.24, 2.45) is 5.92 Å². The molecule has 0 fully saturated rings. The molecule has 1 N–H and O–H groups in total. The van der Waals surface area contributed by atoms with Crippen molar-refractivity contribution in [3.8, 4) is 0 Å². The second-order valence-corrected chi connectivity index (χ2v) is 8.70. The van der Waals surface area contributed by atoms with Gasteiger partial charge in [-0.25, -0.2) is 9.59 Å². The first-order chi connectivity index (χ1) is 17.0. The number of carbonyl (C=O) groups is 2. The number of methoxy groups -OCH3 is 1. The Morgan fingerprint density at radius 3 is 2.17 bits per heavy atom. The fourth-order valence-electron chi connectivity index (χ4n) is 4.42. The molecule has 0 aliphatic carbocycles. The van der Waals surface area contributed by atoms with Crippen LogP contribution in [0.3, 0.4) is 0 Å². The molecule has 1 amide bonds. The second kappa shape index (κ2) is 10.9. The van der Waals surface area contributed by atoms with Gasteiger partial charge >= 0.3 is 12.1 Å². The van der Waals surface area contributed by atoms with E-state index in [9.17, 15) is 9.59 Å². The number of esters is 1. The number of aryl methyl sites for hydroxylation is 1. The predicted octanol–water partition coefficient (Wildman–Crippen LogP) is 5.54. The van der Waals surface area contributed by atoms with Gasteiger partial charge in [-0.3, -0.25) is 0 Å². The number of benzene rings is 3. The van der Waals surface area contributed by atoms with Crippen LogP contribution >= 0.6 is 0 Å². The Bertz CT molecular complexity index is 1180. The molecule has 1 heterocycles. The van der Waals surface area contributed by atoms with Crippen molar-refractivity contribution in [1.29, 1.82) is 0 Å². The number of carbonyl (C=O) groups excluding carboxylic acids is 2. The summed E-state index contributed by atoms with van der Waals surface area (Å²) in [5.74, 6) is -0.675. The molecule has 6 nitrogen and oxygen atoms in total. The van der Waals surface area contributed by atoms with Gasteiger partial charge in [0.05, 0.1) is 7.11 Å². The molecular weight excluding hydrogens is 440 g/mol. The highest BCUT2D eigenvalue weighted by Crippen LogP contribution is 2.39. The summed E-state index contributed by atoms with van der Waals surface area (Å²) in [7, 11) is 1.36. The normalized spacial score (nSPS) is 19.5. The first-order valence-electron chi connectivity index (χ1n) is 11.7. The monoisotopic (exact) mass is 470 g/mol. The van der Waals surface area contributed by atoms with Crippen LogP contribution in [-0.2, 0) is 20.9 Å². The quantitative estimate of drug-likeness (QED) is 0.479. The van der Waals surface area contributed by atoms with E-state index in [1.165, 1.54) is 7.11 Å². The van der Waals surface area contributed by atoms with Crippen LogP contribution < -0.4 is 10.2 Å². The molecule has 35 heavy (non-hydrogen) atoms. The number of ether oxygens (including phenoxy) is 2. The van der Waals surface area contributed by atoms with Gasteiger partial charge in [-0.15, -0.1) is 0 Å². The lowest BCUT2D eigenvalue weighted by Crippen LogP contribution is -2.56. The topological polar surface area (TPSA) is 67.9 Å². The summed E-state index contributed by atoms with van der Waals surface area (Å²) in [6.45, 7) is 4.22. The number of nitrogens with zero attached hydrogens (tertiary/aromatic N) is 1. The van der Waals surface area contributed by atoms with Crippen LogP contribution in [-0.4, -0.2) is 25.3 Å². The van der Waals surface area contributed by atoms with Gasteiger partial charge in [0.2, 0.25) is 0 Å². The Balaban J connectivity index is 1.70. The third-order valence-corrected chi connectivity index (χ3v) is 6.31. The predicted molar refractivity (Wildman–Crippen MR) is 136 cm³/mol.